The number of fused-ring (bicyclic) bond motifs is 2. The van der Waals surface area contributed by atoms with Crippen LogP contribution in [-0.2, 0) is 11.2 Å². The smallest absolute Gasteiger partial charge is 0.234 e. The average molecular weight is 416 g/mol. The van der Waals surface area contributed by atoms with Crippen LogP contribution in [0.25, 0.3) is 16.6 Å². The first-order chi connectivity index (χ1) is 15.3. The lowest BCUT2D eigenvalue weighted by atomic mass is 10.1. The number of nitrogens with one attached hydrogen (secondary N) is 1. The normalized spacial score (nSPS) is 14.9. The molecule has 1 N–H and O–H groups in total. The van der Waals surface area contributed by atoms with Crippen LogP contribution >= 0.6 is 0 Å². The zero-order valence-electron chi connectivity index (χ0n) is 17.2. The zero-order chi connectivity index (χ0) is 21.0. The molecule has 0 spiro atoms. The highest BCUT2D eigenvalue weighted by Crippen LogP contribution is 2.16. The van der Waals surface area contributed by atoms with Crippen molar-refractivity contribution in [2.75, 3.05) is 44.2 Å². The van der Waals surface area contributed by atoms with Crippen molar-refractivity contribution in [3.05, 3.63) is 60.6 Å². The Morgan fingerprint density at radius 2 is 1.90 bits per heavy atom. The molecule has 0 radical (unpaired) electrons. The molecule has 1 aliphatic rings. The van der Waals surface area contributed by atoms with Gasteiger partial charge in [-0.05, 0) is 30.2 Å². The maximum absolute atomic E-state index is 12.4. The van der Waals surface area contributed by atoms with E-state index in [1.54, 1.807) is 10.8 Å². The molecule has 31 heavy (non-hydrogen) atoms. The summed E-state index contributed by atoms with van der Waals surface area (Å²) in [6, 6.07) is 14.1. The number of nitrogens with zero attached hydrogens (tertiary/aromatic N) is 7. The number of para-hydroxylation sites is 1. The van der Waals surface area contributed by atoms with Crippen molar-refractivity contribution in [2.24, 2.45) is 0 Å². The van der Waals surface area contributed by atoms with Gasteiger partial charge in [-0.1, -0.05) is 24.3 Å². The largest absolute Gasteiger partial charge is 0.355 e. The summed E-state index contributed by atoms with van der Waals surface area (Å²) in [7, 11) is 0. The van der Waals surface area contributed by atoms with Crippen molar-refractivity contribution >= 4 is 28.3 Å². The van der Waals surface area contributed by atoms with E-state index in [-0.39, 0.29) is 5.91 Å². The SMILES string of the molecule is O=C(CN1CCN(c2ccc3nncn3n2)CC1)NCCc1cccc2cccnc12. The van der Waals surface area contributed by atoms with Crippen molar-refractivity contribution in [1.82, 2.24) is 35.0 Å². The van der Waals surface area contributed by atoms with Gasteiger partial charge in [-0.25, -0.2) is 0 Å². The van der Waals surface area contributed by atoms with Crippen LogP contribution in [0.5, 0.6) is 0 Å². The summed E-state index contributed by atoms with van der Waals surface area (Å²) in [5.41, 5.74) is 2.90. The molecule has 4 aromatic rings. The summed E-state index contributed by atoms with van der Waals surface area (Å²) in [5.74, 6) is 0.964. The fraction of sp³-hybridized carbons (Fsp3) is 0.318. The van der Waals surface area contributed by atoms with Crippen LogP contribution in [0.4, 0.5) is 5.82 Å². The average Bonchev–Trinajstić information content (AvgIpc) is 3.28. The van der Waals surface area contributed by atoms with Gasteiger partial charge in [-0.15, -0.1) is 15.3 Å². The second kappa shape index (κ2) is 8.65. The van der Waals surface area contributed by atoms with Crippen LogP contribution in [0.1, 0.15) is 5.56 Å². The van der Waals surface area contributed by atoms with Crippen molar-refractivity contribution < 1.29 is 4.79 Å². The molecule has 1 saturated heterocycles. The van der Waals surface area contributed by atoms with Gasteiger partial charge in [0.2, 0.25) is 5.91 Å². The number of hydrogen-bond donors (Lipinski definition) is 1. The third kappa shape index (κ3) is 4.31. The lowest BCUT2D eigenvalue weighted by Crippen LogP contribution is -2.50. The third-order valence-electron chi connectivity index (χ3n) is 5.64. The minimum Gasteiger partial charge on any atom is -0.355 e. The van der Waals surface area contributed by atoms with Gasteiger partial charge >= 0.3 is 0 Å². The Labute approximate surface area is 179 Å². The van der Waals surface area contributed by atoms with E-state index in [1.807, 2.05) is 30.5 Å². The summed E-state index contributed by atoms with van der Waals surface area (Å²) in [4.78, 5) is 21.3. The first-order valence-corrected chi connectivity index (χ1v) is 10.5. The van der Waals surface area contributed by atoms with E-state index in [2.05, 4.69) is 53.6 Å². The monoisotopic (exact) mass is 416 g/mol. The van der Waals surface area contributed by atoms with Gasteiger partial charge in [0, 0.05) is 44.3 Å². The van der Waals surface area contributed by atoms with E-state index < -0.39 is 0 Å². The van der Waals surface area contributed by atoms with E-state index in [0.29, 0.717) is 13.1 Å². The molecule has 1 aliphatic heterocycles. The number of carbonyl (C=O) groups is 1. The molecule has 9 heteroatoms. The summed E-state index contributed by atoms with van der Waals surface area (Å²) >= 11 is 0. The van der Waals surface area contributed by atoms with Crippen molar-refractivity contribution in [1.29, 1.82) is 0 Å². The fourth-order valence-electron chi connectivity index (χ4n) is 3.99. The van der Waals surface area contributed by atoms with E-state index in [0.717, 1.165) is 60.5 Å². The topological polar surface area (TPSA) is 91.6 Å². The number of rotatable bonds is 6. The molecule has 5 rings (SSSR count). The van der Waals surface area contributed by atoms with Crippen LogP contribution in [0.2, 0.25) is 0 Å². The highest BCUT2D eigenvalue weighted by molar-refractivity contribution is 5.82. The molecule has 0 atom stereocenters. The van der Waals surface area contributed by atoms with Gasteiger partial charge < -0.3 is 10.2 Å². The van der Waals surface area contributed by atoms with Crippen LogP contribution in [-0.4, -0.2) is 74.9 Å². The Morgan fingerprint density at radius 3 is 2.81 bits per heavy atom. The Hall–Kier alpha value is -3.59. The van der Waals surface area contributed by atoms with Gasteiger partial charge in [-0.3, -0.25) is 14.7 Å². The Kier molecular flexibility index (Phi) is 5.40. The van der Waals surface area contributed by atoms with Crippen LogP contribution in [0.3, 0.4) is 0 Å². The van der Waals surface area contributed by atoms with Crippen molar-refractivity contribution in [3.63, 3.8) is 0 Å². The van der Waals surface area contributed by atoms with Crippen molar-refractivity contribution in [2.45, 2.75) is 6.42 Å². The summed E-state index contributed by atoms with van der Waals surface area (Å²) in [6.45, 7) is 4.33. The second-order valence-corrected chi connectivity index (χ2v) is 7.68. The van der Waals surface area contributed by atoms with Crippen LogP contribution in [0, 0.1) is 0 Å². The minimum absolute atomic E-state index is 0.0608. The fourth-order valence-corrected chi connectivity index (χ4v) is 3.99. The lowest BCUT2D eigenvalue weighted by Gasteiger charge is -2.34. The van der Waals surface area contributed by atoms with Gasteiger partial charge in [-0.2, -0.15) is 4.52 Å². The molecule has 0 bridgehead atoms. The molecule has 1 fully saturated rings. The van der Waals surface area contributed by atoms with E-state index >= 15 is 0 Å². The Bertz CT molecular complexity index is 1190. The Morgan fingerprint density at radius 1 is 1.03 bits per heavy atom. The molecule has 0 saturated carbocycles. The number of pyridine rings is 1. The van der Waals surface area contributed by atoms with Crippen LogP contribution < -0.4 is 10.2 Å². The summed E-state index contributed by atoms with van der Waals surface area (Å²) in [6.07, 6.45) is 4.18. The standard InChI is InChI=1S/C22H24N8O/c31-21(23-10-8-18-4-1-3-17-5-2-9-24-22(17)18)15-28-11-13-29(14-12-28)20-7-6-19-26-25-16-30(19)27-20/h1-7,9,16H,8,10-15H2,(H,23,31). The van der Waals surface area contributed by atoms with Gasteiger partial charge in [0.25, 0.3) is 0 Å². The lowest BCUT2D eigenvalue weighted by molar-refractivity contribution is -0.122. The number of hydrogen-bond acceptors (Lipinski definition) is 7. The second-order valence-electron chi connectivity index (χ2n) is 7.68. The van der Waals surface area contributed by atoms with Gasteiger partial charge in [0.1, 0.15) is 12.1 Å². The summed E-state index contributed by atoms with van der Waals surface area (Å²) in [5, 5.41) is 16.6. The van der Waals surface area contributed by atoms with Gasteiger partial charge in [0.05, 0.1) is 12.1 Å². The quantitative estimate of drug-likeness (QED) is 0.504. The molecule has 9 nitrogen and oxygen atoms in total. The highest BCUT2D eigenvalue weighted by atomic mass is 16.2. The maximum Gasteiger partial charge on any atom is 0.234 e. The minimum atomic E-state index is 0.0608. The number of aromatic nitrogens is 5. The molecule has 1 amide bonds. The molecule has 0 aliphatic carbocycles. The number of carbonyl (C=O) groups excluding carboxylic acids is 1. The molecule has 1 aromatic carbocycles. The van der Waals surface area contributed by atoms with E-state index in [9.17, 15) is 4.79 Å². The van der Waals surface area contributed by atoms with E-state index in [1.165, 1.54) is 0 Å². The molecule has 3 aromatic heterocycles. The number of anilines is 1. The Balaban J connectivity index is 1.09. The molecule has 158 valence electrons. The van der Waals surface area contributed by atoms with Crippen molar-refractivity contribution in [3.8, 4) is 0 Å². The molecular weight excluding hydrogens is 392 g/mol. The zero-order valence-corrected chi connectivity index (χ0v) is 17.2. The highest BCUT2D eigenvalue weighted by Gasteiger charge is 2.20. The predicted molar refractivity (Wildman–Crippen MR) is 118 cm³/mol. The van der Waals surface area contributed by atoms with E-state index in [4.69, 9.17) is 0 Å². The maximum atomic E-state index is 12.4. The molecular formula is C22H24N8O. The molecule has 0 unspecified atom stereocenters. The summed E-state index contributed by atoms with van der Waals surface area (Å²) < 4.78 is 1.68. The number of amides is 1. The number of benzene rings is 1. The first-order valence-electron chi connectivity index (χ1n) is 10.5. The molecule has 4 heterocycles. The first kappa shape index (κ1) is 19.4. The third-order valence-corrected chi connectivity index (χ3v) is 5.64. The number of piperazine rings is 1. The predicted octanol–water partition coefficient (Wildman–Crippen LogP) is 1.15. The van der Waals surface area contributed by atoms with Gasteiger partial charge in [0.15, 0.2) is 5.65 Å². The van der Waals surface area contributed by atoms with Crippen LogP contribution in [0.15, 0.2) is 55.0 Å².